The smallest absolute Gasteiger partial charge is 0.326 e. The number of hydrogen-bond donors (Lipinski definition) is 14. The van der Waals surface area contributed by atoms with Crippen molar-refractivity contribution in [3.63, 3.8) is 0 Å². The Morgan fingerprint density at radius 3 is 1.15 bits per heavy atom. The quantitative estimate of drug-likeness (QED) is 0.0295. The molecule has 8 amide bonds. The van der Waals surface area contributed by atoms with E-state index < -0.39 is 110 Å². The van der Waals surface area contributed by atoms with Crippen LogP contribution < -0.4 is 48.3 Å². The predicted molar refractivity (Wildman–Crippen MR) is 206 cm³/mol. The number of carboxylic acid groups (broad SMARTS) is 1. The summed E-state index contributed by atoms with van der Waals surface area (Å²) in [4.78, 5) is 139. The Hall–Kier alpha value is -7.97. The van der Waals surface area contributed by atoms with Crippen molar-refractivity contribution in [2.24, 2.45) is 5.73 Å². The number of aromatic amines is 4. The Morgan fingerprint density at radius 2 is 0.770 bits per heavy atom. The number of carbonyl (C=O) groups excluding carboxylic acids is 8. The molecule has 0 aliphatic rings. The number of nitrogens with two attached hydrogens (primary N) is 1. The van der Waals surface area contributed by atoms with E-state index in [1.807, 2.05) is 0 Å². The van der Waals surface area contributed by atoms with Gasteiger partial charge in [0.25, 0.3) is 0 Å². The number of H-pyrrole nitrogens is 4. The van der Waals surface area contributed by atoms with Crippen LogP contribution in [0.3, 0.4) is 0 Å². The zero-order chi connectivity index (χ0) is 44.1. The van der Waals surface area contributed by atoms with Gasteiger partial charge in [-0.05, 0) is 0 Å². The van der Waals surface area contributed by atoms with E-state index in [0.717, 1.165) is 0 Å². The molecule has 0 saturated carbocycles. The van der Waals surface area contributed by atoms with Crippen molar-refractivity contribution < 1.29 is 48.3 Å². The number of imidazole rings is 4. The molecule has 4 aromatic rings. The first kappa shape index (κ1) is 45.7. The Morgan fingerprint density at radius 1 is 0.459 bits per heavy atom. The average molecular weight is 852 g/mol. The first-order chi connectivity index (χ1) is 29.2. The molecule has 0 aromatic carbocycles. The lowest BCUT2D eigenvalue weighted by Gasteiger charge is -2.19. The predicted octanol–water partition coefficient (Wildman–Crippen LogP) is -6.70. The van der Waals surface area contributed by atoms with Gasteiger partial charge >= 0.3 is 5.97 Å². The molecule has 4 rings (SSSR count). The molecule has 27 nitrogen and oxygen atoms in total. The molecular formula is C34H45N17O10. The minimum atomic E-state index is -1.32. The van der Waals surface area contributed by atoms with Crippen LogP contribution in [0.5, 0.6) is 0 Å². The number of nitrogens with zero attached hydrogens (tertiary/aromatic N) is 4. The van der Waals surface area contributed by atoms with E-state index in [-0.39, 0.29) is 25.7 Å². The summed E-state index contributed by atoms with van der Waals surface area (Å²) < 4.78 is 0. The van der Waals surface area contributed by atoms with Gasteiger partial charge in [0.15, 0.2) is 0 Å². The maximum absolute atomic E-state index is 13.0. The molecule has 0 aliphatic heterocycles. The molecular weight excluding hydrogens is 806 g/mol. The second kappa shape index (κ2) is 23.4. The second-order valence-electron chi connectivity index (χ2n) is 13.1. The molecule has 0 spiro atoms. The van der Waals surface area contributed by atoms with Crippen molar-refractivity contribution >= 4 is 53.2 Å². The number of aliphatic carboxylic acids is 1. The van der Waals surface area contributed by atoms with Gasteiger partial charge in [0.2, 0.25) is 47.3 Å². The molecule has 0 fully saturated rings. The van der Waals surface area contributed by atoms with Crippen molar-refractivity contribution in [3.8, 4) is 0 Å². The SMILES string of the molecule is NC(Cc1cnc[nH]1)C(=O)NCC(=O)NC(Cc1cnc[nH]1)C(=O)NCC(=O)NCC(=O)NCC(=O)NC(Cc1cnc[nH]1)C(=O)NCC(=O)NC(Cc1cnc[nH]1)C(=O)O. The van der Waals surface area contributed by atoms with E-state index in [1.165, 1.54) is 50.1 Å². The summed E-state index contributed by atoms with van der Waals surface area (Å²) in [6.07, 6.45) is 11.1. The number of hydrogen-bond acceptors (Lipinski definition) is 14. The number of carboxylic acids is 1. The van der Waals surface area contributed by atoms with Crippen LogP contribution in [-0.4, -0.2) is 155 Å². The molecule has 0 radical (unpaired) electrons. The van der Waals surface area contributed by atoms with Crippen LogP contribution in [0.1, 0.15) is 22.8 Å². The molecule has 4 atom stereocenters. The molecule has 326 valence electrons. The largest absolute Gasteiger partial charge is 0.480 e. The topological polar surface area (TPSA) is 411 Å². The van der Waals surface area contributed by atoms with Crippen molar-refractivity contribution in [1.29, 1.82) is 0 Å². The third-order valence-corrected chi connectivity index (χ3v) is 8.37. The third kappa shape index (κ3) is 16.4. The lowest BCUT2D eigenvalue weighted by molar-refractivity contribution is -0.141. The van der Waals surface area contributed by atoms with E-state index >= 15 is 0 Å². The van der Waals surface area contributed by atoms with E-state index in [0.29, 0.717) is 22.8 Å². The highest BCUT2D eigenvalue weighted by Crippen LogP contribution is 2.02. The minimum Gasteiger partial charge on any atom is -0.480 e. The van der Waals surface area contributed by atoms with Crippen molar-refractivity contribution in [3.05, 3.63) is 72.9 Å². The monoisotopic (exact) mass is 851 g/mol. The van der Waals surface area contributed by atoms with Crippen LogP contribution >= 0.6 is 0 Å². The lowest BCUT2D eigenvalue weighted by atomic mass is 10.1. The van der Waals surface area contributed by atoms with Crippen LogP contribution in [0.15, 0.2) is 50.1 Å². The molecule has 0 aliphatic carbocycles. The highest BCUT2D eigenvalue weighted by molar-refractivity contribution is 5.95. The van der Waals surface area contributed by atoms with E-state index in [2.05, 4.69) is 82.4 Å². The molecule has 0 bridgehead atoms. The summed E-state index contributed by atoms with van der Waals surface area (Å²) >= 11 is 0. The number of rotatable bonds is 25. The molecule has 61 heavy (non-hydrogen) atoms. The molecule has 4 unspecified atom stereocenters. The second-order valence-corrected chi connectivity index (χ2v) is 13.1. The van der Waals surface area contributed by atoms with E-state index in [4.69, 9.17) is 5.73 Å². The zero-order valence-electron chi connectivity index (χ0n) is 32.3. The highest BCUT2D eigenvalue weighted by Gasteiger charge is 2.26. The van der Waals surface area contributed by atoms with Crippen LogP contribution in [0.2, 0.25) is 0 Å². The summed E-state index contributed by atoms with van der Waals surface area (Å²) in [7, 11) is 0. The summed E-state index contributed by atoms with van der Waals surface area (Å²) in [5.41, 5.74) is 7.87. The third-order valence-electron chi connectivity index (χ3n) is 8.37. The average Bonchev–Trinajstić information content (AvgIpc) is 4.09. The number of carbonyl (C=O) groups is 9. The first-order valence-electron chi connectivity index (χ1n) is 18.4. The fraction of sp³-hybridized carbons (Fsp3) is 0.382. The van der Waals surface area contributed by atoms with Gasteiger partial charge in [-0.3, -0.25) is 38.4 Å². The Balaban J connectivity index is 1.18. The maximum atomic E-state index is 13.0. The summed E-state index contributed by atoms with van der Waals surface area (Å²) in [6, 6.07) is -4.77. The number of nitrogens with one attached hydrogen (secondary N) is 12. The van der Waals surface area contributed by atoms with Gasteiger partial charge in [0, 0.05) is 73.2 Å². The van der Waals surface area contributed by atoms with Gasteiger partial charge in [-0.15, -0.1) is 0 Å². The van der Waals surface area contributed by atoms with Crippen molar-refractivity contribution in [1.82, 2.24) is 82.4 Å². The fourth-order valence-electron chi connectivity index (χ4n) is 5.29. The van der Waals surface area contributed by atoms with Crippen LogP contribution in [0.4, 0.5) is 0 Å². The molecule has 4 aromatic heterocycles. The lowest BCUT2D eigenvalue weighted by Crippen LogP contribution is -2.54. The number of aromatic nitrogens is 8. The Labute approximate surface area is 344 Å². The minimum absolute atomic E-state index is 0.0583. The van der Waals surface area contributed by atoms with Gasteiger partial charge in [-0.1, -0.05) is 0 Å². The van der Waals surface area contributed by atoms with Crippen LogP contribution in [0, 0.1) is 0 Å². The Bertz CT molecular complexity index is 2070. The zero-order valence-corrected chi connectivity index (χ0v) is 32.3. The maximum Gasteiger partial charge on any atom is 0.326 e. The summed E-state index contributed by atoms with van der Waals surface area (Å²) in [5.74, 6) is -7.47. The van der Waals surface area contributed by atoms with Gasteiger partial charge in [0.1, 0.15) is 18.1 Å². The standard InChI is InChI=1S/C34H45N17O10/c35-22(1-18-5-36-14-45-18)31(57)42-12-29(55)50-23(2-19-6-37-15-46-19)32(58)43-10-27(53)40-9-26(52)41-11-28(54)49-24(3-20-7-38-16-47-20)33(59)44-13-30(56)51-25(34(60)61)4-21-8-39-17-48-21/h5-8,14-17,22-25H,1-4,9-13,35H2,(H,36,45)(H,37,46)(H,38,47)(H,39,48)(H,40,53)(H,41,52)(H,42,57)(H,43,58)(H,44,59)(H,49,54)(H,50,55)(H,51,56)(H,60,61). The van der Waals surface area contributed by atoms with Gasteiger partial charge in [-0.25, -0.2) is 24.7 Å². The van der Waals surface area contributed by atoms with Gasteiger partial charge in [-0.2, -0.15) is 0 Å². The number of amides is 8. The molecule has 0 saturated heterocycles. The van der Waals surface area contributed by atoms with Gasteiger partial charge in [0.05, 0.1) is 64.1 Å². The van der Waals surface area contributed by atoms with E-state index in [9.17, 15) is 48.3 Å². The molecule has 27 heteroatoms. The highest BCUT2D eigenvalue weighted by atomic mass is 16.4. The van der Waals surface area contributed by atoms with Crippen molar-refractivity contribution in [2.75, 3.05) is 32.7 Å². The summed E-state index contributed by atoms with van der Waals surface area (Å²) in [6.45, 7) is -2.97. The van der Waals surface area contributed by atoms with Crippen LogP contribution in [-0.2, 0) is 68.8 Å². The van der Waals surface area contributed by atoms with Crippen molar-refractivity contribution in [2.45, 2.75) is 49.9 Å². The molecule has 4 heterocycles. The van der Waals surface area contributed by atoms with E-state index in [1.54, 1.807) is 0 Å². The fourth-order valence-corrected chi connectivity index (χ4v) is 5.29. The van der Waals surface area contributed by atoms with Crippen LogP contribution in [0.25, 0.3) is 0 Å². The summed E-state index contributed by atoms with van der Waals surface area (Å²) in [5, 5.41) is 28.3. The molecule has 15 N–H and O–H groups in total. The first-order valence-corrected chi connectivity index (χ1v) is 18.4. The Kier molecular flexibility index (Phi) is 17.6. The normalized spacial score (nSPS) is 12.7. The van der Waals surface area contributed by atoms with Gasteiger partial charge < -0.3 is 73.3 Å².